The van der Waals surface area contributed by atoms with Gasteiger partial charge in [0, 0.05) is 11.4 Å². The Hall–Kier alpha value is -1.91. The summed E-state index contributed by atoms with van der Waals surface area (Å²) in [7, 11) is 0. The Morgan fingerprint density at radius 2 is 1.89 bits per heavy atom. The summed E-state index contributed by atoms with van der Waals surface area (Å²) in [5.74, 6) is 0.624. The van der Waals surface area contributed by atoms with Gasteiger partial charge in [0.1, 0.15) is 0 Å². The largest absolute Gasteiger partial charge is 0.399 e. The Morgan fingerprint density at radius 1 is 1.05 bits per heavy atom. The van der Waals surface area contributed by atoms with Crippen LogP contribution in [-0.2, 0) is 0 Å². The molecule has 4 nitrogen and oxygen atoms in total. The van der Waals surface area contributed by atoms with Crippen LogP contribution in [0, 0.1) is 0 Å². The Kier molecular flexibility index (Phi) is 2.97. The molecular formula is C13H10Cl2N4. The molecule has 0 atom stereocenters. The quantitative estimate of drug-likeness (QED) is 0.620. The van der Waals surface area contributed by atoms with Gasteiger partial charge in [0.25, 0.3) is 0 Å². The van der Waals surface area contributed by atoms with E-state index in [4.69, 9.17) is 28.9 Å². The number of anilines is 3. The normalized spacial score (nSPS) is 10.8. The van der Waals surface area contributed by atoms with Crippen molar-refractivity contribution in [2.24, 2.45) is 0 Å². The van der Waals surface area contributed by atoms with Crippen LogP contribution >= 0.6 is 23.2 Å². The third kappa shape index (κ3) is 2.45. The van der Waals surface area contributed by atoms with Crippen LogP contribution in [0.4, 0.5) is 17.3 Å². The van der Waals surface area contributed by atoms with Crippen LogP contribution in [0.2, 0.25) is 10.0 Å². The van der Waals surface area contributed by atoms with E-state index in [1.807, 2.05) is 24.3 Å². The Morgan fingerprint density at radius 3 is 2.68 bits per heavy atom. The van der Waals surface area contributed by atoms with Crippen LogP contribution in [-0.4, -0.2) is 9.97 Å². The highest BCUT2D eigenvalue weighted by Gasteiger charge is 2.04. The average molecular weight is 293 g/mol. The van der Waals surface area contributed by atoms with Crippen LogP contribution in [0.5, 0.6) is 0 Å². The van der Waals surface area contributed by atoms with Crippen molar-refractivity contribution in [3.05, 3.63) is 46.4 Å². The minimum absolute atomic E-state index is 0.493. The van der Waals surface area contributed by atoms with Crippen LogP contribution in [0.15, 0.2) is 36.4 Å². The Labute approximate surface area is 119 Å². The average Bonchev–Trinajstić information content (AvgIpc) is 2.75. The number of benzene rings is 2. The van der Waals surface area contributed by atoms with Gasteiger partial charge in [-0.1, -0.05) is 23.2 Å². The Balaban J connectivity index is 1.94. The van der Waals surface area contributed by atoms with E-state index in [1.54, 1.807) is 12.1 Å². The predicted octanol–water partition coefficient (Wildman–Crippen LogP) is 4.20. The molecule has 1 heterocycles. The van der Waals surface area contributed by atoms with E-state index < -0.39 is 0 Å². The molecule has 0 bridgehead atoms. The first kappa shape index (κ1) is 12.1. The molecule has 19 heavy (non-hydrogen) atoms. The number of hydrogen-bond acceptors (Lipinski definition) is 3. The second-order valence-electron chi connectivity index (χ2n) is 4.12. The molecule has 96 valence electrons. The van der Waals surface area contributed by atoms with Crippen molar-refractivity contribution < 1.29 is 0 Å². The van der Waals surface area contributed by atoms with Crippen molar-refractivity contribution in [2.75, 3.05) is 11.1 Å². The van der Waals surface area contributed by atoms with Gasteiger partial charge in [-0.15, -0.1) is 0 Å². The zero-order valence-electron chi connectivity index (χ0n) is 9.74. The van der Waals surface area contributed by atoms with Crippen LogP contribution in [0.25, 0.3) is 11.0 Å². The molecule has 0 fully saturated rings. The van der Waals surface area contributed by atoms with Gasteiger partial charge in [-0.3, -0.25) is 0 Å². The van der Waals surface area contributed by atoms with Crippen molar-refractivity contribution in [3.8, 4) is 0 Å². The number of H-pyrrole nitrogens is 1. The van der Waals surface area contributed by atoms with E-state index in [9.17, 15) is 0 Å². The zero-order valence-corrected chi connectivity index (χ0v) is 11.3. The Bertz CT molecular complexity index is 751. The number of halogens is 2. The fraction of sp³-hybridized carbons (Fsp3) is 0. The van der Waals surface area contributed by atoms with Crippen LogP contribution in [0.1, 0.15) is 0 Å². The molecule has 0 aliphatic heterocycles. The summed E-state index contributed by atoms with van der Waals surface area (Å²) >= 11 is 11.8. The van der Waals surface area contributed by atoms with Gasteiger partial charge < -0.3 is 16.0 Å². The summed E-state index contributed by atoms with van der Waals surface area (Å²) in [6, 6.07) is 10.8. The summed E-state index contributed by atoms with van der Waals surface area (Å²) in [5, 5.41) is 4.14. The maximum Gasteiger partial charge on any atom is 0.205 e. The van der Waals surface area contributed by atoms with Crippen LogP contribution < -0.4 is 11.1 Å². The highest BCUT2D eigenvalue weighted by molar-refractivity contribution is 6.42. The molecule has 2 aromatic carbocycles. The van der Waals surface area contributed by atoms with Crippen molar-refractivity contribution in [2.45, 2.75) is 0 Å². The number of nitrogens with zero attached hydrogens (tertiary/aromatic N) is 1. The first-order chi connectivity index (χ1) is 9.11. The summed E-state index contributed by atoms with van der Waals surface area (Å²) < 4.78 is 0. The van der Waals surface area contributed by atoms with E-state index in [0.717, 1.165) is 16.7 Å². The lowest BCUT2D eigenvalue weighted by Crippen LogP contribution is -1.91. The minimum atomic E-state index is 0.493. The molecule has 1 aromatic heterocycles. The number of rotatable bonds is 2. The molecule has 6 heteroatoms. The fourth-order valence-corrected chi connectivity index (χ4v) is 2.10. The van der Waals surface area contributed by atoms with E-state index in [1.165, 1.54) is 0 Å². The second kappa shape index (κ2) is 4.64. The third-order valence-electron chi connectivity index (χ3n) is 2.69. The van der Waals surface area contributed by atoms with Crippen molar-refractivity contribution in [1.82, 2.24) is 9.97 Å². The summed E-state index contributed by atoms with van der Waals surface area (Å²) in [6.07, 6.45) is 0. The molecule has 0 saturated carbocycles. The van der Waals surface area contributed by atoms with E-state index in [-0.39, 0.29) is 0 Å². The van der Waals surface area contributed by atoms with Crippen molar-refractivity contribution >= 4 is 51.6 Å². The topological polar surface area (TPSA) is 66.7 Å². The molecule has 0 unspecified atom stereocenters. The molecular weight excluding hydrogens is 283 g/mol. The number of aromatic nitrogens is 2. The van der Waals surface area contributed by atoms with Gasteiger partial charge in [-0.2, -0.15) is 0 Å². The van der Waals surface area contributed by atoms with Gasteiger partial charge >= 0.3 is 0 Å². The van der Waals surface area contributed by atoms with Crippen molar-refractivity contribution in [3.63, 3.8) is 0 Å². The summed E-state index contributed by atoms with van der Waals surface area (Å²) in [6.45, 7) is 0. The maximum absolute atomic E-state index is 5.96. The molecule has 3 rings (SSSR count). The number of nitrogens with one attached hydrogen (secondary N) is 2. The molecule has 4 N–H and O–H groups in total. The standard InChI is InChI=1S/C13H10Cl2N4/c14-9-3-2-8(6-10(9)15)17-13-18-11-4-1-7(16)5-12(11)19-13/h1-6H,16H2,(H2,17,18,19). The number of aromatic amines is 1. The monoisotopic (exact) mass is 292 g/mol. The lowest BCUT2D eigenvalue weighted by atomic mass is 10.3. The molecule has 0 aliphatic carbocycles. The molecule has 3 aromatic rings. The molecule has 0 aliphatic rings. The maximum atomic E-state index is 5.96. The van der Waals surface area contributed by atoms with Gasteiger partial charge in [-0.25, -0.2) is 4.98 Å². The SMILES string of the molecule is Nc1ccc2nc(Nc3ccc(Cl)c(Cl)c3)[nH]c2c1. The molecule has 0 amide bonds. The fourth-order valence-electron chi connectivity index (χ4n) is 1.80. The lowest BCUT2D eigenvalue weighted by Gasteiger charge is -2.03. The highest BCUT2D eigenvalue weighted by atomic mass is 35.5. The van der Waals surface area contributed by atoms with E-state index >= 15 is 0 Å². The lowest BCUT2D eigenvalue weighted by molar-refractivity contribution is 1.31. The van der Waals surface area contributed by atoms with E-state index in [2.05, 4.69) is 15.3 Å². The van der Waals surface area contributed by atoms with Gasteiger partial charge in [0.15, 0.2) is 0 Å². The summed E-state index contributed by atoms with van der Waals surface area (Å²) in [4.78, 5) is 7.54. The smallest absolute Gasteiger partial charge is 0.205 e. The number of nitrogen functional groups attached to an aromatic ring is 1. The molecule has 0 saturated heterocycles. The zero-order chi connectivity index (χ0) is 13.4. The minimum Gasteiger partial charge on any atom is -0.399 e. The summed E-state index contributed by atoms with van der Waals surface area (Å²) in [5.41, 5.74) is 8.94. The van der Waals surface area contributed by atoms with Gasteiger partial charge in [0.05, 0.1) is 21.1 Å². The molecule has 0 spiro atoms. The van der Waals surface area contributed by atoms with E-state index in [0.29, 0.717) is 21.7 Å². The van der Waals surface area contributed by atoms with Crippen molar-refractivity contribution in [1.29, 1.82) is 0 Å². The first-order valence-electron chi connectivity index (χ1n) is 5.59. The number of imidazole rings is 1. The number of nitrogens with two attached hydrogens (primary N) is 1. The number of fused-ring (bicyclic) bond motifs is 1. The van der Waals surface area contributed by atoms with Gasteiger partial charge in [-0.05, 0) is 36.4 Å². The predicted molar refractivity (Wildman–Crippen MR) is 80.3 cm³/mol. The second-order valence-corrected chi connectivity index (χ2v) is 4.93. The highest BCUT2D eigenvalue weighted by Crippen LogP contribution is 2.27. The van der Waals surface area contributed by atoms with Gasteiger partial charge in [0.2, 0.25) is 5.95 Å². The van der Waals surface area contributed by atoms with Crippen LogP contribution in [0.3, 0.4) is 0 Å². The number of hydrogen-bond donors (Lipinski definition) is 3. The third-order valence-corrected chi connectivity index (χ3v) is 3.43. The first-order valence-corrected chi connectivity index (χ1v) is 6.35. The molecule has 0 radical (unpaired) electrons.